The van der Waals surface area contributed by atoms with Crippen molar-refractivity contribution in [2.75, 3.05) is 7.05 Å². The first-order valence-corrected chi connectivity index (χ1v) is 9.56. The second-order valence-corrected chi connectivity index (χ2v) is 7.41. The number of benzene rings is 1. The smallest absolute Gasteiger partial charge is 0.308 e. The maximum Gasteiger partial charge on any atom is 0.416 e. The fourth-order valence-corrected chi connectivity index (χ4v) is 3.58. The number of pyridine rings is 1. The molecule has 3 rings (SSSR count). The molecule has 2 heterocycles. The summed E-state index contributed by atoms with van der Waals surface area (Å²) in [7, 11) is 3.74. The fourth-order valence-electron chi connectivity index (χ4n) is 2.69. The molecule has 0 fully saturated rings. The van der Waals surface area contributed by atoms with Gasteiger partial charge in [-0.1, -0.05) is 30.0 Å². The Bertz CT molecular complexity index is 911. The van der Waals surface area contributed by atoms with Crippen LogP contribution in [-0.2, 0) is 32.1 Å². The zero-order chi connectivity index (χ0) is 20.1. The van der Waals surface area contributed by atoms with E-state index in [0.29, 0.717) is 18.7 Å². The molecule has 0 saturated carbocycles. The molecule has 0 unspecified atom stereocenters. The van der Waals surface area contributed by atoms with Crippen molar-refractivity contribution in [1.29, 1.82) is 0 Å². The van der Waals surface area contributed by atoms with Crippen LogP contribution in [0, 0.1) is 0 Å². The van der Waals surface area contributed by atoms with Crippen molar-refractivity contribution in [3.05, 3.63) is 71.3 Å². The van der Waals surface area contributed by atoms with Crippen LogP contribution in [0.25, 0.3) is 0 Å². The minimum absolute atomic E-state index is 0.385. The van der Waals surface area contributed by atoms with Gasteiger partial charge in [-0.2, -0.15) is 13.2 Å². The molecular formula is C19H20F3N5S. The van der Waals surface area contributed by atoms with Crippen molar-refractivity contribution in [2.24, 2.45) is 7.05 Å². The second kappa shape index (κ2) is 8.74. The van der Waals surface area contributed by atoms with Gasteiger partial charge in [-0.05, 0) is 36.4 Å². The lowest BCUT2D eigenvalue weighted by Crippen LogP contribution is -2.20. The molecule has 0 aliphatic carbocycles. The van der Waals surface area contributed by atoms with Crippen molar-refractivity contribution in [2.45, 2.75) is 30.2 Å². The van der Waals surface area contributed by atoms with Gasteiger partial charge in [-0.25, -0.2) is 0 Å². The molecule has 0 N–H and O–H groups in total. The van der Waals surface area contributed by atoms with Crippen LogP contribution in [0.3, 0.4) is 0 Å². The summed E-state index contributed by atoms with van der Waals surface area (Å²) < 4.78 is 40.5. The zero-order valence-electron chi connectivity index (χ0n) is 15.5. The second-order valence-electron chi connectivity index (χ2n) is 6.47. The molecule has 0 radical (unpaired) electrons. The third-order valence-electron chi connectivity index (χ3n) is 4.16. The van der Waals surface area contributed by atoms with Gasteiger partial charge in [0, 0.05) is 31.7 Å². The third kappa shape index (κ3) is 5.32. The van der Waals surface area contributed by atoms with Crippen LogP contribution in [0.4, 0.5) is 13.2 Å². The monoisotopic (exact) mass is 407 g/mol. The number of rotatable bonds is 7. The van der Waals surface area contributed by atoms with Gasteiger partial charge in [0.1, 0.15) is 5.82 Å². The van der Waals surface area contributed by atoms with Gasteiger partial charge in [-0.3, -0.25) is 9.88 Å². The minimum Gasteiger partial charge on any atom is -0.308 e. The van der Waals surface area contributed by atoms with Crippen molar-refractivity contribution >= 4 is 11.8 Å². The molecule has 0 aliphatic heterocycles. The van der Waals surface area contributed by atoms with E-state index < -0.39 is 11.7 Å². The molecule has 3 aromatic rings. The molecule has 28 heavy (non-hydrogen) atoms. The lowest BCUT2D eigenvalue weighted by molar-refractivity contribution is -0.137. The molecule has 2 aromatic heterocycles. The third-order valence-corrected chi connectivity index (χ3v) is 5.25. The average molecular weight is 407 g/mol. The number of thioether (sulfide) groups is 1. The summed E-state index contributed by atoms with van der Waals surface area (Å²) in [6.07, 6.45) is -0.833. The van der Waals surface area contributed by atoms with Crippen LogP contribution in [-0.4, -0.2) is 31.7 Å². The molecule has 0 atom stereocenters. The largest absolute Gasteiger partial charge is 0.416 e. The lowest BCUT2D eigenvalue weighted by Gasteiger charge is -2.17. The van der Waals surface area contributed by atoms with E-state index in [1.807, 2.05) is 35.7 Å². The minimum atomic E-state index is -4.33. The van der Waals surface area contributed by atoms with E-state index in [0.717, 1.165) is 28.4 Å². The van der Waals surface area contributed by atoms with Gasteiger partial charge >= 0.3 is 6.18 Å². The highest BCUT2D eigenvalue weighted by Crippen LogP contribution is 2.29. The highest BCUT2D eigenvalue weighted by Gasteiger charge is 2.30. The van der Waals surface area contributed by atoms with Gasteiger partial charge in [0.25, 0.3) is 0 Å². The van der Waals surface area contributed by atoms with Gasteiger partial charge in [0.2, 0.25) is 0 Å². The zero-order valence-corrected chi connectivity index (χ0v) is 16.3. The Morgan fingerprint density at radius 3 is 2.50 bits per heavy atom. The normalized spacial score (nSPS) is 11.9. The first kappa shape index (κ1) is 20.3. The number of halogens is 3. The van der Waals surface area contributed by atoms with Crippen molar-refractivity contribution < 1.29 is 13.2 Å². The van der Waals surface area contributed by atoms with Gasteiger partial charge in [0.05, 0.1) is 12.1 Å². The summed E-state index contributed by atoms with van der Waals surface area (Å²) in [5.41, 5.74) is 1.12. The molecule has 0 saturated heterocycles. The van der Waals surface area contributed by atoms with Gasteiger partial charge in [-0.15, -0.1) is 10.2 Å². The Balaban J connectivity index is 1.60. The highest BCUT2D eigenvalue weighted by atomic mass is 32.2. The topological polar surface area (TPSA) is 46.8 Å². The van der Waals surface area contributed by atoms with Crippen molar-refractivity contribution in [1.82, 2.24) is 24.6 Å². The molecule has 0 bridgehead atoms. The Kier molecular flexibility index (Phi) is 6.35. The quantitative estimate of drug-likeness (QED) is 0.551. The van der Waals surface area contributed by atoms with Crippen LogP contribution in [0.5, 0.6) is 0 Å². The number of hydrogen-bond donors (Lipinski definition) is 0. The fraction of sp³-hybridized carbons (Fsp3) is 0.316. The number of aromatic nitrogens is 4. The molecule has 148 valence electrons. The molecule has 0 spiro atoms. The molecule has 0 aliphatic rings. The summed E-state index contributed by atoms with van der Waals surface area (Å²) in [4.78, 5) is 5.91. The summed E-state index contributed by atoms with van der Waals surface area (Å²) in [6, 6.07) is 9.29. The highest BCUT2D eigenvalue weighted by molar-refractivity contribution is 7.98. The number of alkyl halides is 3. The van der Waals surface area contributed by atoms with Crippen molar-refractivity contribution in [3.8, 4) is 0 Å². The molecule has 1 aromatic carbocycles. The maximum atomic E-state index is 12.9. The lowest BCUT2D eigenvalue weighted by atomic mass is 10.1. The van der Waals surface area contributed by atoms with E-state index in [2.05, 4.69) is 15.2 Å². The van der Waals surface area contributed by atoms with Crippen LogP contribution >= 0.6 is 11.8 Å². The number of hydrogen-bond acceptors (Lipinski definition) is 5. The van der Waals surface area contributed by atoms with Crippen LogP contribution in [0.1, 0.15) is 22.5 Å². The molecule has 9 heteroatoms. The van der Waals surface area contributed by atoms with E-state index in [1.54, 1.807) is 30.2 Å². The Hall–Kier alpha value is -2.39. The molecule has 5 nitrogen and oxygen atoms in total. The Morgan fingerprint density at radius 1 is 1.04 bits per heavy atom. The summed E-state index contributed by atoms with van der Waals surface area (Å²) in [5, 5.41) is 9.24. The van der Waals surface area contributed by atoms with Crippen LogP contribution in [0.15, 0.2) is 53.9 Å². The standard InChI is InChI=1S/C19H20F3N5S/c1-26(11-15-4-3-5-16(10-15)19(20,21)22)12-17-24-25-18(27(17)2)28-13-14-6-8-23-9-7-14/h3-10H,11-13H2,1-2H3. The van der Waals surface area contributed by atoms with Gasteiger partial charge < -0.3 is 4.57 Å². The molecular weight excluding hydrogens is 387 g/mol. The SMILES string of the molecule is CN(Cc1cccc(C(F)(F)F)c1)Cc1nnc(SCc2ccncc2)n1C. The average Bonchev–Trinajstić information content (AvgIpc) is 3.00. The van der Waals surface area contributed by atoms with Crippen molar-refractivity contribution in [3.63, 3.8) is 0 Å². The maximum absolute atomic E-state index is 12.9. The first-order chi connectivity index (χ1) is 13.3. The van der Waals surface area contributed by atoms with E-state index in [4.69, 9.17) is 0 Å². The Morgan fingerprint density at radius 2 is 1.79 bits per heavy atom. The summed E-state index contributed by atoms with van der Waals surface area (Å²) >= 11 is 1.57. The van der Waals surface area contributed by atoms with E-state index in [1.165, 1.54) is 12.1 Å². The summed E-state index contributed by atoms with van der Waals surface area (Å²) in [6.45, 7) is 0.867. The predicted molar refractivity (Wildman–Crippen MR) is 101 cm³/mol. The van der Waals surface area contributed by atoms with Crippen LogP contribution in [0.2, 0.25) is 0 Å². The van der Waals surface area contributed by atoms with E-state index in [9.17, 15) is 13.2 Å². The Labute approximate surface area is 165 Å². The first-order valence-electron chi connectivity index (χ1n) is 8.57. The molecule has 0 amide bonds. The number of nitrogens with zero attached hydrogens (tertiary/aromatic N) is 5. The van der Waals surface area contributed by atoms with E-state index >= 15 is 0 Å². The predicted octanol–water partition coefficient (Wildman–Crippen LogP) is 4.15. The summed E-state index contributed by atoms with van der Waals surface area (Å²) in [5.74, 6) is 1.51. The van der Waals surface area contributed by atoms with Gasteiger partial charge in [0.15, 0.2) is 5.16 Å². The van der Waals surface area contributed by atoms with Crippen LogP contribution < -0.4 is 0 Å². The van der Waals surface area contributed by atoms with E-state index in [-0.39, 0.29) is 0 Å².